The number of hydrogen-bond acceptors (Lipinski definition) is 2. The van der Waals surface area contributed by atoms with Gasteiger partial charge in [0.1, 0.15) is 11.4 Å². The average molecular weight is 219 g/mol. The molecule has 0 atom stereocenters. The number of benzene rings is 1. The van der Waals surface area contributed by atoms with Gasteiger partial charge in [-0.3, -0.25) is 0 Å². The van der Waals surface area contributed by atoms with Crippen LogP contribution in [0.4, 0.5) is 5.69 Å². The lowest BCUT2D eigenvalue weighted by molar-refractivity contribution is 0.137. The lowest BCUT2D eigenvalue weighted by Gasteiger charge is -2.18. The maximum absolute atomic E-state index is 6.20. The average Bonchev–Trinajstić information content (AvgIpc) is 2.52. The molecule has 0 radical (unpaired) electrons. The monoisotopic (exact) mass is 219 g/mol. The highest BCUT2D eigenvalue weighted by Crippen LogP contribution is 2.43. The molecule has 1 aliphatic rings. The van der Waals surface area contributed by atoms with Gasteiger partial charge in [-0.1, -0.05) is 6.92 Å². The summed E-state index contributed by atoms with van der Waals surface area (Å²) in [5.74, 6) is 1.08. The third-order valence-corrected chi connectivity index (χ3v) is 3.60. The fourth-order valence-electron chi connectivity index (χ4n) is 2.59. The number of nitrogen functional groups attached to an aromatic ring is 1. The van der Waals surface area contributed by atoms with Crippen LogP contribution in [0.5, 0.6) is 5.75 Å². The predicted octanol–water partition coefficient (Wildman–Crippen LogP) is 3.16. The van der Waals surface area contributed by atoms with Crippen LogP contribution in [0.15, 0.2) is 0 Å². The van der Waals surface area contributed by atoms with Gasteiger partial charge in [0.15, 0.2) is 0 Å². The van der Waals surface area contributed by atoms with Crippen LogP contribution < -0.4 is 10.5 Å². The van der Waals surface area contributed by atoms with Crippen LogP contribution in [0.25, 0.3) is 0 Å². The smallest absolute Gasteiger partial charge is 0.127 e. The van der Waals surface area contributed by atoms with Crippen molar-refractivity contribution in [2.45, 2.75) is 53.1 Å². The molecule has 2 heteroatoms. The summed E-state index contributed by atoms with van der Waals surface area (Å²) in [5, 5.41) is 0. The molecule has 1 heterocycles. The molecule has 0 spiro atoms. The van der Waals surface area contributed by atoms with E-state index in [4.69, 9.17) is 10.5 Å². The summed E-state index contributed by atoms with van der Waals surface area (Å²) in [4.78, 5) is 0. The van der Waals surface area contributed by atoms with E-state index in [1.807, 2.05) is 0 Å². The Bertz CT molecular complexity index is 447. The van der Waals surface area contributed by atoms with Crippen LogP contribution in [-0.2, 0) is 12.8 Å². The van der Waals surface area contributed by atoms with E-state index in [1.165, 1.54) is 22.3 Å². The summed E-state index contributed by atoms with van der Waals surface area (Å²) >= 11 is 0. The van der Waals surface area contributed by atoms with Crippen molar-refractivity contribution >= 4 is 5.69 Å². The normalized spacial score (nSPS) is 17.1. The van der Waals surface area contributed by atoms with E-state index in [-0.39, 0.29) is 5.60 Å². The molecule has 0 saturated carbocycles. The van der Waals surface area contributed by atoms with E-state index < -0.39 is 0 Å². The minimum atomic E-state index is -0.0861. The first-order valence-corrected chi connectivity index (χ1v) is 5.96. The van der Waals surface area contributed by atoms with Gasteiger partial charge in [-0.2, -0.15) is 0 Å². The van der Waals surface area contributed by atoms with E-state index in [0.29, 0.717) is 0 Å². The van der Waals surface area contributed by atoms with Gasteiger partial charge < -0.3 is 10.5 Å². The maximum atomic E-state index is 6.20. The molecule has 0 fully saturated rings. The SMILES string of the molecule is CCc1c(N)c(C)c(C)c2c1CC(C)(C)O2. The van der Waals surface area contributed by atoms with Crippen LogP contribution in [0.1, 0.15) is 43.0 Å². The molecule has 2 nitrogen and oxygen atoms in total. The summed E-state index contributed by atoms with van der Waals surface area (Å²) in [6.07, 6.45) is 1.95. The molecule has 16 heavy (non-hydrogen) atoms. The summed E-state index contributed by atoms with van der Waals surface area (Å²) in [6.45, 7) is 10.6. The molecule has 1 aliphatic heterocycles. The zero-order valence-electron chi connectivity index (χ0n) is 10.9. The van der Waals surface area contributed by atoms with Crippen LogP contribution in [0.3, 0.4) is 0 Å². The maximum Gasteiger partial charge on any atom is 0.127 e. The van der Waals surface area contributed by atoms with Crippen molar-refractivity contribution in [2.75, 3.05) is 5.73 Å². The molecule has 0 unspecified atom stereocenters. The Balaban J connectivity index is 2.70. The lowest BCUT2D eigenvalue weighted by atomic mass is 9.91. The van der Waals surface area contributed by atoms with Crippen LogP contribution in [0.2, 0.25) is 0 Å². The molecule has 0 saturated heterocycles. The molecule has 2 rings (SSSR count). The molecule has 1 aromatic rings. The zero-order valence-corrected chi connectivity index (χ0v) is 10.9. The van der Waals surface area contributed by atoms with Crippen molar-refractivity contribution in [2.24, 2.45) is 0 Å². The van der Waals surface area contributed by atoms with Gasteiger partial charge in [-0.05, 0) is 50.8 Å². The van der Waals surface area contributed by atoms with Crippen molar-refractivity contribution < 1.29 is 4.74 Å². The van der Waals surface area contributed by atoms with Crippen molar-refractivity contribution in [3.8, 4) is 5.75 Å². The number of hydrogen-bond donors (Lipinski definition) is 1. The predicted molar refractivity (Wildman–Crippen MR) is 68.1 cm³/mol. The third kappa shape index (κ3) is 1.48. The highest BCUT2D eigenvalue weighted by molar-refractivity contribution is 5.66. The van der Waals surface area contributed by atoms with Crippen LogP contribution >= 0.6 is 0 Å². The zero-order chi connectivity index (χ0) is 12.1. The van der Waals surface area contributed by atoms with E-state index in [9.17, 15) is 0 Å². The van der Waals surface area contributed by atoms with Gasteiger partial charge in [-0.15, -0.1) is 0 Å². The van der Waals surface area contributed by atoms with E-state index in [0.717, 1.165) is 24.3 Å². The van der Waals surface area contributed by atoms with Gasteiger partial charge in [0, 0.05) is 17.7 Å². The van der Waals surface area contributed by atoms with E-state index in [2.05, 4.69) is 34.6 Å². The molecular formula is C14H21NO. The first kappa shape index (κ1) is 11.3. The van der Waals surface area contributed by atoms with Crippen molar-refractivity contribution in [1.82, 2.24) is 0 Å². The van der Waals surface area contributed by atoms with Crippen LogP contribution in [0, 0.1) is 13.8 Å². The highest BCUT2D eigenvalue weighted by Gasteiger charge is 2.34. The molecule has 0 bridgehead atoms. The molecule has 1 aromatic carbocycles. The van der Waals surface area contributed by atoms with E-state index >= 15 is 0 Å². The van der Waals surface area contributed by atoms with E-state index in [1.54, 1.807) is 0 Å². The van der Waals surface area contributed by atoms with Gasteiger partial charge in [-0.25, -0.2) is 0 Å². The lowest BCUT2D eigenvalue weighted by Crippen LogP contribution is -2.25. The van der Waals surface area contributed by atoms with Crippen molar-refractivity contribution in [1.29, 1.82) is 0 Å². The Labute approximate surface area is 97.8 Å². The highest BCUT2D eigenvalue weighted by atomic mass is 16.5. The second-order valence-electron chi connectivity index (χ2n) is 5.34. The largest absolute Gasteiger partial charge is 0.487 e. The summed E-state index contributed by atoms with van der Waals surface area (Å²) in [5.41, 5.74) is 12.1. The topological polar surface area (TPSA) is 35.2 Å². The number of rotatable bonds is 1. The summed E-state index contributed by atoms with van der Waals surface area (Å²) in [6, 6.07) is 0. The standard InChI is InChI=1S/C14H21NO/c1-6-10-11-7-14(4,5)16-13(11)9(3)8(2)12(10)15/h6-7,15H2,1-5H3. The molecule has 0 amide bonds. The number of ether oxygens (including phenoxy) is 1. The Morgan fingerprint density at radius 2 is 1.88 bits per heavy atom. The molecule has 0 aromatic heterocycles. The Morgan fingerprint density at radius 3 is 2.44 bits per heavy atom. The molecular weight excluding hydrogens is 198 g/mol. The Kier molecular flexibility index (Phi) is 2.41. The molecule has 2 N–H and O–H groups in total. The minimum Gasteiger partial charge on any atom is -0.487 e. The first-order chi connectivity index (χ1) is 7.37. The molecule has 88 valence electrons. The fourth-order valence-corrected chi connectivity index (χ4v) is 2.59. The number of nitrogens with two attached hydrogens (primary N) is 1. The second kappa shape index (κ2) is 3.41. The Morgan fingerprint density at radius 1 is 1.25 bits per heavy atom. The third-order valence-electron chi connectivity index (χ3n) is 3.60. The number of anilines is 1. The van der Waals surface area contributed by atoms with Crippen molar-refractivity contribution in [3.63, 3.8) is 0 Å². The Hall–Kier alpha value is -1.18. The molecule has 0 aliphatic carbocycles. The van der Waals surface area contributed by atoms with Gasteiger partial charge in [0.25, 0.3) is 0 Å². The first-order valence-electron chi connectivity index (χ1n) is 5.96. The fraction of sp³-hybridized carbons (Fsp3) is 0.571. The van der Waals surface area contributed by atoms with Crippen LogP contribution in [-0.4, -0.2) is 5.60 Å². The second-order valence-corrected chi connectivity index (χ2v) is 5.34. The minimum absolute atomic E-state index is 0.0861. The van der Waals surface area contributed by atoms with Gasteiger partial charge in [0.2, 0.25) is 0 Å². The number of fused-ring (bicyclic) bond motifs is 1. The van der Waals surface area contributed by atoms with Crippen molar-refractivity contribution in [3.05, 3.63) is 22.3 Å². The quantitative estimate of drug-likeness (QED) is 0.736. The summed E-state index contributed by atoms with van der Waals surface area (Å²) in [7, 11) is 0. The van der Waals surface area contributed by atoms with Gasteiger partial charge >= 0.3 is 0 Å². The summed E-state index contributed by atoms with van der Waals surface area (Å²) < 4.78 is 6.05. The van der Waals surface area contributed by atoms with Gasteiger partial charge in [0.05, 0.1) is 0 Å².